The minimum Gasteiger partial charge on any atom is -0.481 e. The third kappa shape index (κ3) is 2.93. The first-order valence-corrected chi connectivity index (χ1v) is 6.30. The Hall–Kier alpha value is -1.88. The number of ketones is 1. The zero-order valence-corrected chi connectivity index (χ0v) is 10.8. The number of rotatable bonds is 4. The van der Waals surface area contributed by atoms with Gasteiger partial charge in [0.15, 0.2) is 5.78 Å². The lowest BCUT2D eigenvalue weighted by molar-refractivity contribution is -0.139. The first-order chi connectivity index (χ1) is 9.11. The van der Waals surface area contributed by atoms with E-state index in [1.807, 2.05) is 12.1 Å². The SMILES string of the molecule is CC(C(=O)O)C(=O)c1ccccc1N1CCOCC1. The van der Waals surface area contributed by atoms with E-state index in [0.29, 0.717) is 31.9 Å². The smallest absolute Gasteiger partial charge is 0.314 e. The Balaban J connectivity index is 2.30. The Kier molecular flexibility index (Phi) is 4.16. The van der Waals surface area contributed by atoms with Crippen LogP contribution in [0.25, 0.3) is 0 Å². The molecule has 0 spiro atoms. The topological polar surface area (TPSA) is 66.8 Å². The van der Waals surface area contributed by atoms with Crippen molar-refractivity contribution in [3.05, 3.63) is 29.8 Å². The molecule has 19 heavy (non-hydrogen) atoms. The van der Waals surface area contributed by atoms with Gasteiger partial charge in [0.1, 0.15) is 5.92 Å². The van der Waals surface area contributed by atoms with E-state index < -0.39 is 11.9 Å². The summed E-state index contributed by atoms with van der Waals surface area (Å²) < 4.78 is 5.29. The van der Waals surface area contributed by atoms with E-state index in [4.69, 9.17) is 9.84 Å². The van der Waals surface area contributed by atoms with Crippen molar-refractivity contribution in [2.75, 3.05) is 31.2 Å². The summed E-state index contributed by atoms with van der Waals surface area (Å²) in [4.78, 5) is 25.2. The molecule has 1 atom stereocenters. The molecule has 1 aliphatic rings. The number of carboxylic acids is 1. The lowest BCUT2D eigenvalue weighted by atomic mass is 9.97. The van der Waals surface area contributed by atoms with Crippen molar-refractivity contribution >= 4 is 17.4 Å². The molecule has 1 fully saturated rings. The highest BCUT2D eigenvalue weighted by Crippen LogP contribution is 2.24. The van der Waals surface area contributed by atoms with Crippen molar-refractivity contribution in [2.24, 2.45) is 5.92 Å². The summed E-state index contributed by atoms with van der Waals surface area (Å²) in [6.45, 7) is 4.09. The van der Waals surface area contributed by atoms with Gasteiger partial charge in [0.05, 0.1) is 13.2 Å². The first kappa shape index (κ1) is 13.5. The summed E-state index contributed by atoms with van der Waals surface area (Å²) in [7, 11) is 0. The van der Waals surface area contributed by atoms with Gasteiger partial charge in [0.2, 0.25) is 0 Å². The van der Waals surface area contributed by atoms with Crippen molar-refractivity contribution in [2.45, 2.75) is 6.92 Å². The monoisotopic (exact) mass is 263 g/mol. The summed E-state index contributed by atoms with van der Waals surface area (Å²) in [6, 6.07) is 7.15. The van der Waals surface area contributed by atoms with Crippen LogP contribution in [0.15, 0.2) is 24.3 Å². The van der Waals surface area contributed by atoms with Crippen molar-refractivity contribution in [3.63, 3.8) is 0 Å². The Morgan fingerprint density at radius 1 is 1.26 bits per heavy atom. The highest BCUT2D eigenvalue weighted by Gasteiger charge is 2.26. The van der Waals surface area contributed by atoms with Crippen LogP contribution in [0.4, 0.5) is 5.69 Å². The van der Waals surface area contributed by atoms with Gasteiger partial charge in [-0.2, -0.15) is 0 Å². The van der Waals surface area contributed by atoms with Gasteiger partial charge in [-0.25, -0.2) is 0 Å². The van der Waals surface area contributed by atoms with Gasteiger partial charge in [0, 0.05) is 24.3 Å². The number of hydrogen-bond donors (Lipinski definition) is 1. The van der Waals surface area contributed by atoms with E-state index in [2.05, 4.69) is 4.90 Å². The molecule has 0 radical (unpaired) electrons. The van der Waals surface area contributed by atoms with Gasteiger partial charge in [-0.05, 0) is 19.1 Å². The van der Waals surface area contributed by atoms with Crippen LogP contribution in [-0.2, 0) is 9.53 Å². The number of aliphatic carboxylic acids is 1. The predicted molar refractivity (Wildman–Crippen MR) is 70.6 cm³/mol. The van der Waals surface area contributed by atoms with Gasteiger partial charge < -0.3 is 14.7 Å². The fourth-order valence-corrected chi connectivity index (χ4v) is 2.11. The van der Waals surface area contributed by atoms with Crippen LogP contribution in [0.1, 0.15) is 17.3 Å². The molecule has 0 aromatic heterocycles. The number of carbonyl (C=O) groups excluding carboxylic acids is 1. The summed E-state index contributed by atoms with van der Waals surface area (Å²) in [5, 5.41) is 8.96. The van der Waals surface area contributed by atoms with Crippen molar-refractivity contribution < 1.29 is 19.4 Å². The number of anilines is 1. The number of ether oxygens (including phenoxy) is 1. The van der Waals surface area contributed by atoms with E-state index in [1.54, 1.807) is 12.1 Å². The molecule has 1 aliphatic heterocycles. The standard InChI is InChI=1S/C14H17NO4/c1-10(14(17)18)13(16)11-4-2-3-5-12(11)15-6-8-19-9-7-15/h2-5,10H,6-9H2,1H3,(H,17,18). The highest BCUT2D eigenvalue weighted by atomic mass is 16.5. The van der Waals surface area contributed by atoms with E-state index in [0.717, 1.165) is 5.69 Å². The third-order valence-electron chi connectivity index (χ3n) is 3.28. The number of para-hydroxylation sites is 1. The quantitative estimate of drug-likeness (QED) is 0.657. The van der Waals surface area contributed by atoms with Crippen molar-refractivity contribution in [3.8, 4) is 0 Å². The molecular weight excluding hydrogens is 246 g/mol. The van der Waals surface area contributed by atoms with E-state index in [-0.39, 0.29) is 5.78 Å². The predicted octanol–water partition coefficient (Wildman–Crippen LogP) is 1.43. The normalized spacial score (nSPS) is 17.0. The molecule has 5 nitrogen and oxygen atoms in total. The maximum Gasteiger partial charge on any atom is 0.314 e. The summed E-state index contributed by atoms with van der Waals surface area (Å²) >= 11 is 0. The van der Waals surface area contributed by atoms with Crippen LogP contribution in [0.5, 0.6) is 0 Å². The molecule has 1 unspecified atom stereocenters. The van der Waals surface area contributed by atoms with Gasteiger partial charge in [-0.3, -0.25) is 9.59 Å². The Morgan fingerprint density at radius 2 is 1.89 bits per heavy atom. The molecule has 0 bridgehead atoms. The molecule has 1 aromatic rings. The fourth-order valence-electron chi connectivity index (χ4n) is 2.11. The average Bonchev–Trinajstić information content (AvgIpc) is 2.46. The van der Waals surface area contributed by atoms with Gasteiger partial charge in [-0.15, -0.1) is 0 Å². The van der Waals surface area contributed by atoms with Crippen LogP contribution in [-0.4, -0.2) is 43.2 Å². The molecule has 1 aromatic carbocycles. The second-order valence-electron chi connectivity index (χ2n) is 4.54. The summed E-state index contributed by atoms with van der Waals surface area (Å²) in [6.07, 6.45) is 0. The van der Waals surface area contributed by atoms with Gasteiger partial charge in [-0.1, -0.05) is 12.1 Å². The third-order valence-corrected chi connectivity index (χ3v) is 3.28. The van der Waals surface area contributed by atoms with Crippen LogP contribution in [0.2, 0.25) is 0 Å². The zero-order valence-electron chi connectivity index (χ0n) is 10.8. The average molecular weight is 263 g/mol. The molecule has 102 valence electrons. The van der Waals surface area contributed by atoms with Crippen molar-refractivity contribution in [1.82, 2.24) is 0 Å². The molecule has 2 rings (SSSR count). The Morgan fingerprint density at radius 3 is 2.53 bits per heavy atom. The van der Waals surface area contributed by atoms with Crippen LogP contribution < -0.4 is 4.90 Å². The van der Waals surface area contributed by atoms with Crippen LogP contribution in [0, 0.1) is 5.92 Å². The molecule has 0 aliphatic carbocycles. The van der Waals surface area contributed by atoms with Gasteiger partial charge in [0.25, 0.3) is 0 Å². The molecule has 0 amide bonds. The Bertz CT molecular complexity index is 480. The number of Topliss-reactive ketones (excluding diaryl/α,β-unsaturated/α-hetero) is 1. The lowest BCUT2D eigenvalue weighted by Crippen LogP contribution is -2.37. The zero-order chi connectivity index (χ0) is 13.8. The molecule has 1 saturated heterocycles. The van der Waals surface area contributed by atoms with E-state index >= 15 is 0 Å². The van der Waals surface area contributed by atoms with E-state index in [9.17, 15) is 9.59 Å². The minimum absolute atomic E-state index is 0.352. The maximum absolute atomic E-state index is 12.2. The number of carbonyl (C=O) groups is 2. The molecule has 1 N–H and O–H groups in total. The number of carboxylic acid groups (broad SMARTS) is 1. The van der Waals surface area contributed by atoms with Gasteiger partial charge >= 0.3 is 5.97 Å². The number of hydrogen-bond acceptors (Lipinski definition) is 4. The molecule has 1 heterocycles. The summed E-state index contributed by atoms with van der Waals surface area (Å²) in [5.74, 6) is -2.47. The fraction of sp³-hybridized carbons (Fsp3) is 0.429. The second-order valence-corrected chi connectivity index (χ2v) is 4.54. The van der Waals surface area contributed by atoms with Crippen LogP contribution >= 0.6 is 0 Å². The van der Waals surface area contributed by atoms with E-state index in [1.165, 1.54) is 6.92 Å². The maximum atomic E-state index is 12.2. The highest BCUT2D eigenvalue weighted by molar-refractivity contribution is 6.10. The second kappa shape index (κ2) is 5.84. The molecule has 0 saturated carbocycles. The number of nitrogens with zero attached hydrogens (tertiary/aromatic N) is 1. The first-order valence-electron chi connectivity index (χ1n) is 6.30. The Labute approximate surface area is 111 Å². The lowest BCUT2D eigenvalue weighted by Gasteiger charge is -2.30. The molecular formula is C14H17NO4. The van der Waals surface area contributed by atoms with Crippen molar-refractivity contribution in [1.29, 1.82) is 0 Å². The minimum atomic E-state index is -1.10. The number of benzene rings is 1. The largest absolute Gasteiger partial charge is 0.481 e. The van der Waals surface area contributed by atoms with Crippen LogP contribution in [0.3, 0.4) is 0 Å². The number of morpholine rings is 1. The molecule has 5 heteroatoms. The summed E-state index contributed by atoms with van der Waals surface area (Å²) in [5.41, 5.74) is 1.27.